The monoisotopic (exact) mass is 789 g/mol. The number of hydrogen-bond donors (Lipinski definition) is 3. The molecule has 2 aliphatic rings. The number of methoxy groups -OCH3 is 1. The first-order valence-corrected chi connectivity index (χ1v) is 20.8. The Kier molecular flexibility index (Phi) is 17.5. The van der Waals surface area contributed by atoms with Crippen molar-refractivity contribution in [3.63, 3.8) is 0 Å². The lowest BCUT2D eigenvalue weighted by atomic mass is 10.1. The fourth-order valence-corrected chi connectivity index (χ4v) is 7.43. The first-order chi connectivity index (χ1) is 26.6. The summed E-state index contributed by atoms with van der Waals surface area (Å²) in [5.41, 5.74) is 4.75. The van der Waals surface area contributed by atoms with Gasteiger partial charge in [0, 0.05) is 47.3 Å². The Hall–Kier alpha value is -4.46. The molecule has 2 aromatic carbocycles. The molecule has 13 heteroatoms. The molecule has 1 unspecified atom stereocenters. The van der Waals surface area contributed by atoms with Gasteiger partial charge >= 0.3 is 0 Å². The van der Waals surface area contributed by atoms with Gasteiger partial charge in [0.15, 0.2) is 5.43 Å². The van der Waals surface area contributed by atoms with Crippen molar-refractivity contribution in [1.29, 1.82) is 0 Å². The highest BCUT2D eigenvalue weighted by Crippen LogP contribution is 2.29. The minimum absolute atomic E-state index is 0.00389. The number of hydrogen-bond acceptors (Lipinski definition) is 9. The Morgan fingerprint density at radius 3 is 2.55 bits per heavy atom. The number of nitrogens with zero attached hydrogens (tertiary/aromatic N) is 2. The maximum atomic E-state index is 12.5. The number of carbonyl (C=O) groups excluding carboxylic acids is 3. The number of rotatable bonds is 16. The first-order valence-electron chi connectivity index (χ1n) is 18.9. The van der Waals surface area contributed by atoms with Crippen LogP contribution in [-0.2, 0) is 24.9 Å². The van der Waals surface area contributed by atoms with Gasteiger partial charge in [0.1, 0.15) is 22.9 Å². The minimum atomic E-state index is -0.474. The van der Waals surface area contributed by atoms with Crippen molar-refractivity contribution >= 4 is 52.4 Å². The number of ether oxygens (including phenoxy) is 2. The van der Waals surface area contributed by atoms with Crippen LogP contribution in [0, 0.1) is 6.92 Å². The molecule has 3 amide bonds. The van der Waals surface area contributed by atoms with Gasteiger partial charge in [-0.2, -0.15) is 0 Å². The van der Waals surface area contributed by atoms with Crippen molar-refractivity contribution < 1.29 is 23.9 Å². The predicted molar refractivity (Wildman–Crippen MR) is 223 cm³/mol. The summed E-state index contributed by atoms with van der Waals surface area (Å²) in [6.07, 6.45) is 8.81. The van der Waals surface area contributed by atoms with Gasteiger partial charge in [-0.05, 0) is 94.4 Å². The lowest BCUT2D eigenvalue weighted by Gasteiger charge is -2.26. The highest BCUT2D eigenvalue weighted by molar-refractivity contribution is 7.97. The van der Waals surface area contributed by atoms with E-state index in [2.05, 4.69) is 40.4 Å². The van der Waals surface area contributed by atoms with E-state index >= 15 is 0 Å². The number of carbonyl (C=O) groups is 3. The third-order valence-electron chi connectivity index (χ3n) is 9.27. The van der Waals surface area contributed by atoms with Gasteiger partial charge in [-0.15, -0.1) is 17.9 Å². The molecule has 0 radical (unpaired) electrons. The Bertz CT molecular complexity index is 1910. The number of aryl methyl sites for hydroxylation is 1. The summed E-state index contributed by atoms with van der Waals surface area (Å²) in [5.74, 6) is 1.91. The molecule has 3 heterocycles. The van der Waals surface area contributed by atoms with E-state index in [0.29, 0.717) is 36.9 Å². The third kappa shape index (κ3) is 13.1. The molecule has 1 saturated heterocycles. The van der Waals surface area contributed by atoms with Gasteiger partial charge in [-0.3, -0.25) is 19.2 Å². The topological polar surface area (TPSA) is 143 Å². The molecule has 2 fully saturated rings. The normalized spacial score (nSPS) is 15.3. The molecule has 0 spiro atoms. The Morgan fingerprint density at radius 2 is 1.89 bits per heavy atom. The number of benzene rings is 2. The Labute approximate surface area is 332 Å². The van der Waals surface area contributed by atoms with Crippen LogP contribution in [0.25, 0.3) is 21.6 Å². The minimum Gasteiger partial charge on any atom is -0.496 e. The molecular formula is C42H55N5O6S2. The molecule has 2 aromatic heterocycles. The average molecular weight is 790 g/mol. The fraction of sp³-hybridized carbons (Fsp3) is 0.452. The number of thiazole rings is 1. The van der Waals surface area contributed by atoms with Crippen molar-refractivity contribution in [3.05, 3.63) is 93.6 Å². The summed E-state index contributed by atoms with van der Waals surface area (Å²) in [6.45, 7) is 12.9. The van der Waals surface area contributed by atoms with E-state index in [4.69, 9.17) is 9.47 Å². The second-order valence-corrected chi connectivity index (χ2v) is 15.5. The Balaban J connectivity index is 0.000000194. The number of allylic oxidation sites excluding steroid dienone is 1. The van der Waals surface area contributed by atoms with Crippen LogP contribution < -0.4 is 20.2 Å². The van der Waals surface area contributed by atoms with E-state index in [-0.39, 0.29) is 23.3 Å². The SMILES string of the molecule is C=CCCCCO[C@H](C)C(=O)N1CCCC1C(=O)NC1CC1.COc1ccc2c(=O)cc(-c3nc(C(C)C)cs3)[nH]c2c1C.O=CNSCc1ccccc1. The number of nitrogens with one attached hydrogen (secondary N) is 3. The second-order valence-electron chi connectivity index (χ2n) is 13.9. The highest BCUT2D eigenvalue weighted by atomic mass is 32.2. The second kappa shape index (κ2) is 22.2. The van der Waals surface area contributed by atoms with Crippen LogP contribution in [0.2, 0.25) is 0 Å². The van der Waals surface area contributed by atoms with Crippen LogP contribution >= 0.6 is 23.3 Å². The molecule has 296 valence electrons. The van der Waals surface area contributed by atoms with E-state index in [9.17, 15) is 19.2 Å². The molecule has 11 nitrogen and oxygen atoms in total. The lowest BCUT2D eigenvalue weighted by Crippen LogP contribution is -2.49. The maximum Gasteiger partial charge on any atom is 0.252 e. The predicted octanol–water partition coefficient (Wildman–Crippen LogP) is 7.69. The molecule has 55 heavy (non-hydrogen) atoms. The quantitative estimate of drug-likeness (QED) is 0.0454. The zero-order valence-corrected chi connectivity index (χ0v) is 34.2. The molecule has 0 bridgehead atoms. The molecule has 2 atom stereocenters. The van der Waals surface area contributed by atoms with Crippen LogP contribution in [-0.4, -0.2) is 71.5 Å². The van der Waals surface area contributed by atoms with Gasteiger partial charge in [0.2, 0.25) is 12.3 Å². The van der Waals surface area contributed by atoms with Gasteiger partial charge in [-0.1, -0.05) is 50.3 Å². The van der Waals surface area contributed by atoms with Crippen LogP contribution in [0.3, 0.4) is 0 Å². The number of unbranched alkanes of at least 4 members (excludes halogenated alkanes) is 2. The number of aromatic amines is 1. The third-order valence-corrected chi connectivity index (χ3v) is 10.9. The summed E-state index contributed by atoms with van der Waals surface area (Å²) in [5, 5.41) is 6.55. The summed E-state index contributed by atoms with van der Waals surface area (Å²) in [6, 6.07) is 15.3. The van der Waals surface area contributed by atoms with Crippen LogP contribution in [0.5, 0.6) is 5.75 Å². The summed E-state index contributed by atoms with van der Waals surface area (Å²) >= 11 is 2.94. The van der Waals surface area contributed by atoms with Gasteiger partial charge in [-0.25, -0.2) is 4.98 Å². The first kappa shape index (κ1) is 43.3. The standard InChI is InChI=1S/C17H28N2O3.C17H18N2O2S.C8H9NOS/c1-3-4-5-6-12-22-13(2)17(21)19-11-7-8-15(19)16(20)18-14-9-10-14;1-9(2)13-8-22-17(19-13)12-7-14(20)11-5-6-15(21-4)10(3)16(11)18-12;10-7-9-11-6-8-4-2-1-3-5-8/h3,13-15H,1,4-12H2,2H3,(H,18,20);5-9H,1-4H3,(H,18,20);1-5,7H,6H2,(H,9,10)/t13-,15?;;/m1../s1. The van der Waals surface area contributed by atoms with Gasteiger partial charge < -0.3 is 29.4 Å². The van der Waals surface area contributed by atoms with E-state index in [1.165, 1.54) is 17.5 Å². The lowest BCUT2D eigenvalue weighted by molar-refractivity contribution is -0.147. The summed E-state index contributed by atoms with van der Waals surface area (Å²) in [4.78, 5) is 56.6. The molecule has 6 rings (SSSR count). The van der Waals surface area contributed by atoms with E-state index in [1.807, 2.05) is 54.8 Å². The Morgan fingerprint density at radius 1 is 1.13 bits per heavy atom. The largest absolute Gasteiger partial charge is 0.496 e. The molecule has 3 N–H and O–H groups in total. The maximum absolute atomic E-state index is 12.5. The smallest absolute Gasteiger partial charge is 0.252 e. The number of aromatic nitrogens is 2. The average Bonchev–Trinajstić information content (AvgIpc) is 3.62. The molecule has 1 aliphatic heterocycles. The number of pyridine rings is 1. The van der Waals surface area contributed by atoms with Gasteiger partial charge in [0.25, 0.3) is 5.91 Å². The fourth-order valence-electron chi connectivity index (χ4n) is 5.97. The van der Waals surface area contributed by atoms with Crippen molar-refractivity contribution in [1.82, 2.24) is 24.9 Å². The molecular weight excluding hydrogens is 735 g/mol. The van der Waals surface area contributed by atoms with E-state index in [1.54, 1.807) is 42.4 Å². The van der Waals surface area contributed by atoms with Crippen LogP contribution in [0.1, 0.15) is 88.5 Å². The summed E-state index contributed by atoms with van der Waals surface area (Å²) in [7, 11) is 1.63. The number of likely N-dealkylation sites (tertiary alicyclic amines) is 1. The van der Waals surface area contributed by atoms with Crippen molar-refractivity contribution in [2.45, 2.75) is 102 Å². The summed E-state index contributed by atoms with van der Waals surface area (Å²) < 4.78 is 13.5. The highest BCUT2D eigenvalue weighted by Gasteiger charge is 2.38. The van der Waals surface area contributed by atoms with Crippen molar-refractivity contribution in [2.24, 2.45) is 0 Å². The van der Waals surface area contributed by atoms with E-state index in [0.717, 1.165) is 83.9 Å². The zero-order valence-electron chi connectivity index (χ0n) is 32.6. The number of amides is 3. The molecule has 1 aliphatic carbocycles. The van der Waals surface area contributed by atoms with Crippen LogP contribution in [0.4, 0.5) is 0 Å². The molecule has 1 saturated carbocycles. The zero-order chi connectivity index (χ0) is 39.7. The van der Waals surface area contributed by atoms with E-state index < -0.39 is 6.10 Å². The van der Waals surface area contributed by atoms with Crippen molar-refractivity contribution in [2.75, 3.05) is 20.3 Å². The number of fused-ring (bicyclic) bond motifs is 1. The van der Waals surface area contributed by atoms with Crippen LogP contribution in [0.15, 0.2) is 71.4 Å². The molecule has 4 aromatic rings. The van der Waals surface area contributed by atoms with Crippen molar-refractivity contribution in [3.8, 4) is 16.5 Å². The number of H-pyrrole nitrogens is 1. The van der Waals surface area contributed by atoms with Gasteiger partial charge in [0.05, 0.1) is 24.0 Å².